The molecule has 0 aliphatic carbocycles. The largest absolute Gasteiger partial charge is 0.488 e. The minimum Gasteiger partial charge on any atom is -0.488 e. The number of pyridine rings is 1. The molecule has 2 heterocycles. The number of thiophene rings is 1. The number of rotatable bonds is 6. The molecule has 6 heteroatoms. The molecule has 3 nitrogen and oxygen atoms in total. The number of ether oxygens (including phenoxy) is 1. The second kappa shape index (κ2) is 9.90. The SMILES string of the molecule is Cl.OCc1cncc(-c2sccc2-c2cc(Cl)ccc2OCc2ccccc2)c1. The van der Waals surface area contributed by atoms with E-state index in [-0.39, 0.29) is 19.0 Å². The van der Waals surface area contributed by atoms with Gasteiger partial charge in [0.2, 0.25) is 0 Å². The molecule has 4 aromatic rings. The van der Waals surface area contributed by atoms with Gasteiger partial charge in [0, 0.05) is 39.0 Å². The topological polar surface area (TPSA) is 42.4 Å². The number of hydrogen-bond donors (Lipinski definition) is 1. The Bertz CT molecular complexity index is 1080. The van der Waals surface area contributed by atoms with Crippen LogP contribution < -0.4 is 4.74 Å². The summed E-state index contributed by atoms with van der Waals surface area (Å²) in [7, 11) is 0. The number of aliphatic hydroxyl groups is 1. The van der Waals surface area contributed by atoms with E-state index in [2.05, 4.69) is 11.1 Å². The van der Waals surface area contributed by atoms with E-state index >= 15 is 0 Å². The minimum absolute atomic E-state index is 0. The van der Waals surface area contributed by atoms with Crippen LogP contribution in [0.15, 0.2) is 78.4 Å². The molecule has 0 radical (unpaired) electrons. The predicted molar refractivity (Wildman–Crippen MR) is 122 cm³/mol. The molecule has 0 aliphatic rings. The lowest BCUT2D eigenvalue weighted by Gasteiger charge is -2.13. The van der Waals surface area contributed by atoms with E-state index in [1.165, 1.54) is 0 Å². The molecule has 4 rings (SSSR count). The Morgan fingerprint density at radius 2 is 1.76 bits per heavy atom. The van der Waals surface area contributed by atoms with Crippen molar-refractivity contribution in [2.24, 2.45) is 0 Å². The molecule has 0 amide bonds. The van der Waals surface area contributed by atoms with Gasteiger partial charge in [0.25, 0.3) is 0 Å². The molecular weight excluding hydrogens is 425 g/mol. The summed E-state index contributed by atoms with van der Waals surface area (Å²) in [6, 6.07) is 19.8. The van der Waals surface area contributed by atoms with E-state index in [0.717, 1.165) is 38.4 Å². The Morgan fingerprint density at radius 1 is 0.931 bits per heavy atom. The maximum Gasteiger partial charge on any atom is 0.127 e. The fraction of sp³-hybridized carbons (Fsp3) is 0.0870. The van der Waals surface area contributed by atoms with Crippen LogP contribution in [0.3, 0.4) is 0 Å². The summed E-state index contributed by atoms with van der Waals surface area (Å²) in [6.45, 7) is 0.445. The first-order chi connectivity index (χ1) is 13.7. The lowest BCUT2D eigenvalue weighted by Crippen LogP contribution is -1.97. The fourth-order valence-electron chi connectivity index (χ4n) is 3.02. The Morgan fingerprint density at radius 3 is 2.55 bits per heavy atom. The van der Waals surface area contributed by atoms with Crippen molar-refractivity contribution in [3.63, 3.8) is 0 Å². The van der Waals surface area contributed by atoms with Crippen molar-refractivity contribution in [2.45, 2.75) is 13.2 Å². The van der Waals surface area contributed by atoms with E-state index in [0.29, 0.717) is 11.6 Å². The zero-order valence-corrected chi connectivity index (χ0v) is 17.8. The molecule has 0 unspecified atom stereocenters. The van der Waals surface area contributed by atoms with Crippen molar-refractivity contribution >= 4 is 35.3 Å². The van der Waals surface area contributed by atoms with Gasteiger partial charge in [-0.05, 0) is 46.8 Å². The van der Waals surface area contributed by atoms with Crippen LogP contribution in [0.5, 0.6) is 5.75 Å². The molecule has 0 bridgehead atoms. The molecule has 0 saturated heterocycles. The molecule has 1 N–H and O–H groups in total. The Kier molecular flexibility index (Phi) is 7.29. The third kappa shape index (κ3) is 4.98. The number of nitrogens with zero attached hydrogens (tertiary/aromatic N) is 1. The highest BCUT2D eigenvalue weighted by molar-refractivity contribution is 7.14. The lowest BCUT2D eigenvalue weighted by molar-refractivity contribution is 0.281. The van der Waals surface area contributed by atoms with Crippen LogP contribution in [-0.2, 0) is 13.2 Å². The van der Waals surface area contributed by atoms with Crippen molar-refractivity contribution in [3.05, 3.63) is 94.6 Å². The molecule has 0 saturated carbocycles. The Labute approximate surface area is 185 Å². The van der Waals surface area contributed by atoms with Gasteiger partial charge in [0.05, 0.1) is 6.61 Å². The van der Waals surface area contributed by atoms with Crippen LogP contribution in [0.1, 0.15) is 11.1 Å². The van der Waals surface area contributed by atoms with Crippen molar-refractivity contribution in [3.8, 4) is 27.3 Å². The summed E-state index contributed by atoms with van der Waals surface area (Å²) in [4.78, 5) is 5.32. The number of hydrogen-bond acceptors (Lipinski definition) is 4. The van der Waals surface area contributed by atoms with Gasteiger partial charge in [-0.15, -0.1) is 23.7 Å². The third-order valence-electron chi connectivity index (χ3n) is 4.37. The smallest absolute Gasteiger partial charge is 0.127 e. The van der Waals surface area contributed by atoms with E-state index in [4.69, 9.17) is 16.3 Å². The summed E-state index contributed by atoms with van der Waals surface area (Å²) < 4.78 is 6.13. The van der Waals surface area contributed by atoms with Crippen molar-refractivity contribution in [1.29, 1.82) is 0 Å². The first-order valence-corrected chi connectivity index (χ1v) is 10.1. The fourth-order valence-corrected chi connectivity index (χ4v) is 4.08. The molecular formula is C23H19Cl2NO2S. The van der Waals surface area contributed by atoms with E-state index in [1.807, 2.05) is 66.2 Å². The molecule has 29 heavy (non-hydrogen) atoms. The summed E-state index contributed by atoms with van der Waals surface area (Å²) in [5, 5.41) is 12.1. The van der Waals surface area contributed by atoms with Crippen LogP contribution in [0.4, 0.5) is 0 Å². The summed E-state index contributed by atoms with van der Waals surface area (Å²) in [6.07, 6.45) is 3.48. The predicted octanol–water partition coefficient (Wildman–Crippen LogP) is 6.62. The van der Waals surface area contributed by atoms with Gasteiger partial charge in [-0.2, -0.15) is 0 Å². The number of aliphatic hydroxyl groups excluding tert-OH is 1. The van der Waals surface area contributed by atoms with Crippen LogP contribution in [-0.4, -0.2) is 10.1 Å². The van der Waals surface area contributed by atoms with Crippen LogP contribution in [0.25, 0.3) is 21.6 Å². The lowest BCUT2D eigenvalue weighted by atomic mass is 10.0. The van der Waals surface area contributed by atoms with Gasteiger partial charge < -0.3 is 9.84 Å². The van der Waals surface area contributed by atoms with Gasteiger partial charge in [-0.3, -0.25) is 4.98 Å². The average molecular weight is 444 g/mol. The van der Waals surface area contributed by atoms with E-state index in [9.17, 15) is 5.11 Å². The van der Waals surface area contributed by atoms with Crippen molar-refractivity contribution in [1.82, 2.24) is 4.98 Å². The molecule has 0 aliphatic heterocycles. The summed E-state index contributed by atoms with van der Waals surface area (Å²) >= 11 is 7.92. The average Bonchev–Trinajstić information content (AvgIpc) is 3.23. The van der Waals surface area contributed by atoms with Crippen LogP contribution in [0.2, 0.25) is 5.02 Å². The molecule has 2 aromatic carbocycles. The highest BCUT2D eigenvalue weighted by Crippen LogP contribution is 2.42. The van der Waals surface area contributed by atoms with Gasteiger partial charge >= 0.3 is 0 Å². The Hall–Kier alpha value is -2.37. The van der Waals surface area contributed by atoms with Gasteiger partial charge in [0.15, 0.2) is 0 Å². The molecule has 2 aromatic heterocycles. The first kappa shape index (κ1) is 21.3. The maximum absolute atomic E-state index is 9.43. The zero-order chi connectivity index (χ0) is 19.3. The second-order valence-electron chi connectivity index (χ2n) is 6.32. The summed E-state index contributed by atoms with van der Waals surface area (Å²) in [5.41, 5.74) is 4.82. The van der Waals surface area contributed by atoms with Crippen LogP contribution >= 0.6 is 35.3 Å². The molecule has 0 spiro atoms. The van der Waals surface area contributed by atoms with E-state index < -0.39 is 0 Å². The Balaban J connectivity index is 0.00000240. The third-order valence-corrected chi connectivity index (χ3v) is 5.57. The van der Waals surface area contributed by atoms with Gasteiger partial charge in [-0.25, -0.2) is 0 Å². The highest BCUT2D eigenvalue weighted by Gasteiger charge is 2.15. The zero-order valence-electron chi connectivity index (χ0n) is 15.4. The number of halogens is 2. The highest BCUT2D eigenvalue weighted by atomic mass is 35.5. The summed E-state index contributed by atoms with van der Waals surface area (Å²) in [5.74, 6) is 0.777. The van der Waals surface area contributed by atoms with E-state index in [1.54, 1.807) is 17.5 Å². The second-order valence-corrected chi connectivity index (χ2v) is 7.67. The number of benzene rings is 2. The standard InChI is InChI=1S/C23H18ClNO2S.ClH/c24-19-6-7-22(27-15-16-4-2-1-3-5-16)21(11-19)20-8-9-28-23(20)18-10-17(14-26)12-25-13-18;/h1-13,26H,14-15H2;1H. The van der Waals surface area contributed by atoms with Gasteiger partial charge in [0.1, 0.15) is 12.4 Å². The van der Waals surface area contributed by atoms with Gasteiger partial charge in [-0.1, -0.05) is 41.9 Å². The molecule has 0 fully saturated rings. The monoisotopic (exact) mass is 443 g/mol. The molecule has 148 valence electrons. The quantitative estimate of drug-likeness (QED) is 0.363. The number of aromatic nitrogens is 1. The van der Waals surface area contributed by atoms with Crippen LogP contribution in [0, 0.1) is 0 Å². The maximum atomic E-state index is 9.43. The normalized spacial score (nSPS) is 10.4. The first-order valence-electron chi connectivity index (χ1n) is 8.84. The molecule has 0 atom stereocenters. The van der Waals surface area contributed by atoms with Crippen molar-refractivity contribution < 1.29 is 9.84 Å². The van der Waals surface area contributed by atoms with Crippen molar-refractivity contribution in [2.75, 3.05) is 0 Å². The minimum atomic E-state index is -0.0375.